The van der Waals surface area contributed by atoms with Crippen molar-refractivity contribution < 1.29 is 4.74 Å². The molecule has 0 aliphatic heterocycles. The highest BCUT2D eigenvalue weighted by Gasteiger charge is 2.26. The van der Waals surface area contributed by atoms with E-state index >= 15 is 0 Å². The molecule has 0 radical (unpaired) electrons. The van der Waals surface area contributed by atoms with Crippen LogP contribution in [0.4, 0.5) is 0 Å². The standard InChI is InChI=1S/C14H14ClIN2O/c1-14(2,19-3)13-17-11(10(16)12(15)18-13)9-7-5-4-6-8-9/h4-8H,1-3H3. The average molecular weight is 389 g/mol. The van der Waals surface area contributed by atoms with Crippen LogP contribution in [0.15, 0.2) is 30.3 Å². The Bertz CT molecular complexity index is 587. The van der Waals surface area contributed by atoms with Gasteiger partial charge in [-0.25, -0.2) is 9.97 Å². The van der Waals surface area contributed by atoms with Crippen molar-refractivity contribution in [3.63, 3.8) is 0 Å². The van der Waals surface area contributed by atoms with Crippen molar-refractivity contribution in [3.05, 3.63) is 44.9 Å². The molecule has 0 aliphatic rings. The molecule has 0 saturated carbocycles. The van der Waals surface area contributed by atoms with Gasteiger partial charge in [-0.15, -0.1) is 0 Å². The van der Waals surface area contributed by atoms with Crippen LogP contribution in [0, 0.1) is 3.57 Å². The maximum absolute atomic E-state index is 6.22. The minimum absolute atomic E-state index is 0.453. The molecule has 0 fully saturated rings. The van der Waals surface area contributed by atoms with E-state index < -0.39 is 5.60 Å². The Morgan fingerprint density at radius 1 is 1.16 bits per heavy atom. The summed E-state index contributed by atoms with van der Waals surface area (Å²) in [6.07, 6.45) is 0. The number of ether oxygens (including phenoxy) is 1. The third-order valence-electron chi connectivity index (χ3n) is 2.91. The molecule has 2 aromatic rings. The van der Waals surface area contributed by atoms with Crippen molar-refractivity contribution in [1.29, 1.82) is 0 Å². The fourth-order valence-electron chi connectivity index (χ4n) is 1.57. The Morgan fingerprint density at radius 2 is 1.79 bits per heavy atom. The lowest BCUT2D eigenvalue weighted by Crippen LogP contribution is -2.23. The maximum Gasteiger partial charge on any atom is 0.162 e. The third-order valence-corrected chi connectivity index (χ3v) is 4.52. The maximum atomic E-state index is 6.22. The Kier molecular flexibility index (Phi) is 4.43. The lowest BCUT2D eigenvalue weighted by molar-refractivity contribution is 0.0115. The van der Waals surface area contributed by atoms with Crippen molar-refractivity contribution in [2.45, 2.75) is 19.4 Å². The highest BCUT2D eigenvalue weighted by atomic mass is 127. The summed E-state index contributed by atoms with van der Waals surface area (Å²) in [6.45, 7) is 3.83. The Balaban J connectivity index is 2.62. The van der Waals surface area contributed by atoms with E-state index in [-0.39, 0.29) is 0 Å². The fourth-order valence-corrected chi connectivity index (χ4v) is 2.29. The van der Waals surface area contributed by atoms with E-state index in [1.807, 2.05) is 44.2 Å². The molecule has 1 heterocycles. The molecule has 5 heteroatoms. The Morgan fingerprint density at radius 3 is 2.37 bits per heavy atom. The molecule has 0 spiro atoms. The number of nitrogens with zero attached hydrogens (tertiary/aromatic N) is 2. The van der Waals surface area contributed by atoms with Gasteiger partial charge in [-0.1, -0.05) is 41.9 Å². The summed E-state index contributed by atoms with van der Waals surface area (Å²) in [5.41, 5.74) is 1.28. The number of rotatable bonds is 3. The van der Waals surface area contributed by atoms with E-state index in [0.717, 1.165) is 14.8 Å². The van der Waals surface area contributed by atoms with Gasteiger partial charge >= 0.3 is 0 Å². The fraction of sp³-hybridized carbons (Fsp3) is 0.286. The molecule has 100 valence electrons. The second-order valence-electron chi connectivity index (χ2n) is 4.58. The quantitative estimate of drug-likeness (QED) is 0.581. The zero-order valence-corrected chi connectivity index (χ0v) is 13.9. The first-order chi connectivity index (χ1) is 8.95. The van der Waals surface area contributed by atoms with Gasteiger partial charge in [0, 0.05) is 12.7 Å². The number of aromatic nitrogens is 2. The summed E-state index contributed by atoms with van der Waals surface area (Å²) in [5.74, 6) is 0.583. The number of hydrogen-bond acceptors (Lipinski definition) is 3. The van der Waals surface area contributed by atoms with Gasteiger partial charge in [-0.3, -0.25) is 0 Å². The van der Waals surface area contributed by atoms with E-state index in [1.54, 1.807) is 7.11 Å². The van der Waals surface area contributed by atoms with E-state index in [1.165, 1.54) is 0 Å². The van der Waals surface area contributed by atoms with Gasteiger partial charge in [0.25, 0.3) is 0 Å². The van der Waals surface area contributed by atoms with Crippen molar-refractivity contribution in [3.8, 4) is 11.3 Å². The van der Waals surface area contributed by atoms with E-state index in [4.69, 9.17) is 16.3 Å². The number of methoxy groups -OCH3 is 1. The van der Waals surface area contributed by atoms with Crippen LogP contribution in [0.2, 0.25) is 5.15 Å². The molecule has 0 N–H and O–H groups in total. The van der Waals surface area contributed by atoms with Crippen LogP contribution in [-0.2, 0) is 10.3 Å². The first kappa shape index (κ1) is 14.7. The van der Waals surface area contributed by atoms with Crippen LogP contribution in [0.1, 0.15) is 19.7 Å². The molecular formula is C14H14ClIN2O. The summed E-state index contributed by atoms with van der Waals surface area (Å²) in [7, 11) is 1.64. The minimum atomic E-state index is -0.572. The van der Waals surface area contributed by atoms with Crippen molar-refractivity contribution in [1.82, 2.24) is 9.97 Å². The molecule has 0 unspecified atom stereocenters. The van der Waals surface area contributed by atoms with Gasteiger partial charge in [-0.2, -0.15) is 0 Å². The summed E-state index contributed by atoms with van der Waals surface area (Å²) in [5, 5.41) is 0.453. The second-order valence-corrected chi connectivity index (χ2v) is 6.02. The molecule has 0 atom stereocenters. The number of hydrogen-bond donors (Lipinski definition) is 0. The SMILES string of the molecule is COC(C)(C)c1nc(Cl)c(I)c(-c2ccccc2)n1. The number of benzene rings is 1. The molecule has 1 aromatic heterocycles. The van der Waals surface area contributed by atoms with Crippen LogP contribution >= 0.6 is 34.2 Å². The summed E-state index contributed by atoms with van der Waals surface area (Å²) < 4.78 is 6.27. The largest absolute Gasteiger partial charge is 0.371 e. The van der Waals surface area contributed by atoms with Crippen molar-refractivity contribution in [2.24, 2.45) is 0 Å². The van der Waals surface area contributed by atoms with Crippen molar-refractivity contribution >= 4 is 34.2 Å². The Labute approximate surface area is 131 Å². The van der Waals surface area contributed by atoms with Crippen LogP contribution in [0.5, 0.6) is 0 Å². The molecule has 2 rings (SSSR count). The summed E-state index contributed by atoms with van der Waals surface area (Å²) in [4.78, 5) is 8.94. The van der Waals surface area contributed by atoms with Gasteiger partial charge < -0.3 is 4.74 Å². The topological polar surface area (TPSA) is 35.0 Å². The van der Waals surface area contributed by atoms with Gasteiger partial charge in [0.15, 0.2) is 5.82 Å². The van der Waals surface area contributed by atoms with Crippen LogP contribution < -0.4 is 0 Å². The smallest absolute Gasteiger partial charge is 0.162 e. The lowest BCUT2D eigenvalue weighted by atomic mass is 10.1. The number of halogens is 2. The highest BCUT2D eigenvalue weighted by molar-refractivity contribution is 14.1. The van der Waals surface area contributed by atoms with Crippen LogP contribution in [0.25, 0.3) is 11.3 Å². The van der Waals surface area contributed by atoms with Crippen LogP contribution in [-0.4, -0.2) is 17.1 Å². The van der Waals surface area contributed by atoms with E-state index in [9.17, 15) is 0 Å². The van der Waals surface area contributed by atoms with Crippen LogP contribution in [0.3, 0.4) is 0 Å². The zero-order valence-electron chi connectivity index (χ0n) is 10.9. The monoisotopic (exact) mass is 388 g/mol. The molecule has 0 aliphatic carbocycles. The van der Waals surface area contributed by atoms with E-state index in [0.29, 0.717) is 11.0 Å². The highest BCUT2D eigenvalue weighted by Crippen LogP contribution is 2.31. The van der Waals surface area contributed by atoms with E-state index in [2.05, 4.69) is 32.6 Å². The molecule has 1 aromatic carbocycles. The second kappa shape index (κ2) is 5.73. The molecular weight excluding hydrogens is 375 g/mol. The predicted octanol–water partition coefficient (Wildman–Crippen LogP) is 4.28. The average Bonchev–Trinajstić information content (AvgIpc) is 2.42. The van der Waals surface area contributed by atoms with Gasteiger partial charge in [0.1, 0.15) is 10.8 Å². The minimum Gasteiger partial charge on any atom is -0.371 e. The third kappa shape index (κ3) is 3.07. The molecule has 0 amide bonds. The molecule has 0 saturated heterocycles. The zero-order chi connectivity index (χ0) is 14.0. The van der Waals surface area contributed by atoms with Gasteiger partial charge in [0.05, 0.1) is 9.26 Å². The van der Waals surface area contributed by atoms with Gasteiger partial charge in [-0.05, 0) is 36.4 Å². The molecule has 3 nitrogen and oxygen atoms in total. The Hall–Kier alpha value is -0.720. The van der Waals surface area contributed by atoms with Crippen molar-refractivity contribution in [2.75, 3.05) is 7.11 Å². The normalized spacial score (nSPS) is 11.6. The predicted molar refractivity (Wildman–Crippen MR) is 85.2 cm³/mol. The first-order valence-corrected chi connectivity index (χ1v) is 7.25. The van der Waals surface area contributed by atoms with Gasteiger partial charge in [0.2, 0.25) is 0 Å². The summed E-state index contributed by atoms with van der Waals surface area (Å²) >= 11 is 8.39. The first-order valence-electron chi connectivity index (χ1n) is 5.80. The summed E-state index contributed by atoms with van der Waals surface area (Å²) in [6, 6.07) is 9.93. The molecule has 19 heavy (non-hydrogen) atoms. The molecule has 0 bridgehead atoms. The lowest BCUT2D eigenvalue weighted by Gasteiger charge is -2.22.